The Balaban J connectivity index is 2.49. The Kier molecular flexibility index (Phi) is 4.81. The molecule has 0 spiro atoms. The molecule has 86 valence electrons. The van der Waals surface area contributed by atoms with Gasteiger partial charge in [-0.15, -0.1) is 11.3 Å². The van der Waals surface area contributed by atoms with Crippen LogP contribution in [0.4, 0.5) is 0 Å². The van der Waals surface area contributed by atoms with E-state index in [1.807, 2.05) is 11.3 Å². The van der Waals surface area contributed by atoms with E-state index >= 15 is 0 Å². The first kappa shape index (κ1) is 13.2. The van der Waals surface area contributed by atoms with Crippen molar-refractivity contribution in [2.45, 2.75) is 40.0 Å². The van der Waals surface area contributed by atoms with E-state index in [2.05, 4.69) is 42.8 Å². The van der Waals surface area contributed by atoms with E-state index in [1.165, 1.54) is 27.1 Å². The van der Waals surface area contributed by atoms with Crippen LogP contribution in [0.5, 0.6) is 0 Å². The minimum atomic E-state index is 0.374. The molecule has 0 aliphatic heterocycles. The van der Waals surface area contributed by atoms with Gasteiger partial charge in [-0.3, -0.25) is 0 Å². The van der Waals surface area contributed by atoms with Crippen LogP contribution in [0.2, 0.25) is 0 Å². The Bertz CT molecular complexity index is 298. The number of aryl methyl sites for hydroxylation is 2. The molecule has 0 fully saturated rings. The van der Waals surface area contributed by atoms with Gasteiger partial charge in [-0.25, -0.2) is 0 Å². The summed E-state index contributed by atoms with van der Waals surface area (Å²) in [6, 6.07) is 2.25. The largest absolute Gasteiger partial charge is 0.330 e. The Morgan fingerprint density at radius 2 is 2.07 bits per heavy atom. The van der Waals surface area contributed by atoms with Crippen LogP contribution in [0, 0.1) is 12.3 Å². The first-order chi connectivity index (χ1) is 6.94. The summed E-state index contributed by atoms with van der Waals surface area (Å²) in [4.78, 5) is 2.85. The smallest absolute Gasteiger partial charge is 0.0314 e. The summed E-state index contributed by atoms with van der Waals surface area (Å²) in [6.45, 7) is 7.55. The number of nitrogens with two attached hydrogens (primary N) is 1. The standard InChI is InChI=1S/C12H20BrNS/c1-9-11(13)8-10(15-9)4-5-12(2,3)6-7-14/h8H,4-7,14H2,1-3H3. The second-order valence-corrected chi connectivity index (χ2v) is 7.01. The number of rotatable bonds is 5. The van der Waals surface area contributed by atoms with Crippen molar-refractivity contribution in [2.75, 3.05) is 6.54 Å². The average Bonchev–Trinajstić information content (AvgIpc) is 2.44. The highest BCUT2D eigenvalue weighted by Crippen LogP contribution is 2.31. The summed E-state index contributed by atoms with van der Waals surface area (Å²) in [5.74, 6) is 0. The van der Waals surface area contributed by atoms with Gasteiger partial charge in [-0.1, -0.05) is 13.8 Å². The molecule has 0 radical (unpaired) electrons. The van der Waals surface area contributed by atoms with Crippen LogP contribution < -0.4 is 5.73 Å². The van der Waals surface area contributed by atoms with Gasteiger partial charge in [0.1, 0.15) is 0 Å². The van der Waals surface area contributed by atoms with Gasteiger partial charge >= 0.3 is 0 Å². The van der Waals surface area contributed by atoms with E-state index in [0.717, 1.165) is 13.0 Å². The van der Waals surface area contributed by atoms with Crippen molar-refractivity contribution in [1.82, 2.24) is 0 Å². The Morgan fingerprint density at radius 3 is 2.53 bits per heavy atom. The van der Waals surface area contributed by atoms with Crippen molar-refractivity contribution >= 4 is 27.3 Å². The molecule has 0 saturated heterocycles. The molecule has 0 aliphatic rings. The molecule has 3 heteroatoms. The van der Waals surface area contributed by atoms with Crippen LogP contribution in [-0.2, 0) is 6.42 Å². The third-order valence-corrected chi connectivity index (χ3v) is 4.97. The lowest BCUT2D eigenvalue weighted by Gasteiger charge is -2.23. The molecule has 1 heterocycles. The third kappa shape index (κ3) is 4.25. The van der Waals surface area contributed by atoms with Crippen LogP contribution in [0.25, 0.3) is 0 Å². The van der Waals surface area contributed by atoms with Crippen LogP contribution in [0.1, 0.15) is 36.4 Å². The highest BCUT2D eigenvalue weighted by atomic mass is 79.9. The average molecular weight is 290 g/mol. The zero-order chi connectivity index (χ0) is 11.5. The van der Waals surface area contributed by atoms with Crippen LogP contribution >= 0.6 is 27.3 Å². The zero-order valence-corrected chi connectivity index (χ0v) is 12.2. The second-order valence-electron chi connectivity index (χ2n) is 4.82. The molecule has 1 rings (SSSR count). The molecule has 0 atom stereocenters. The lowest BCUT2D eigenvalue weighted by atomic mass is 9.84. The number of halogens is 1. The van der Waals surface area contributed by atoms with Gasteiger partial charge in [0.15, 0.2) is 0 Å². The lowest BCUT2D eigenvalue weighted by molar-refractivity contribution is 0.314. The molecule has 2 N–H and O–H groups in total. The first-order valence-electron chi connectivity index (χ1n) is 5.39. The summed E-state index contributed by atoms with van der Waals surface area (Å²) in [5, 5.41) is 0. The van der Waals surface area contributed by atoms with Gasteiger partial charge in [0.2, 0.25) is 0 Å². The minimum Gasteiger partial charge on any atom is -0.330 e. The maximum atomic E-state index is 5.61. The monoisotopic (exact) mass is 289 g/mol. The van der Waals surface area contributed by atoms with Crippen molar-refractivity contribution < 1.29 is 0 Å². The van der Waals surface area contributed by atoms with Gasteiger partial charge in [-0.05, 0) is 60.1 Å². The molecule has 0 bridgehead atoms. The SMILES string of the molecule is Cc1sc(CCC(C)(C)CCN)cc1Br. The molecule has 0 amide bonds. The molecule has 15 heavy (non-hydrogen) atoms. The zero-order valence-electron chi connectivity index (χ0n) is 9.77. The fourth-order valence-corrected chi connectivity index (χ4v) is 3.22. The fourth-order valence-electron chi connectivity index (χ4n) is 1.62. The van der Waals surface area contributed by atoms with Gasteiger partial charge in [0, 0.05) is 14.2 Å². The fraction of sp³-hybridized carbons (Fsp3) is 0.667. The van der Waals surface area contributed by atoms with Crippen molar-refractivity contribution in [3.63, 3.8) is 0 Å². The van der Waals surface area contributed by atoms with E-state index in [1.54, 1.807) is 0 Å². The van der Waals surface area contributed by atoms with E-state index in [0.29, 0.717) is 5.41 Å². The summed E-state index contributed by atoms with van der Waals surface area (Å²) in [5.41, 5.74) is 5.98. The van der Waals surface area contributed by atoms with Gasteiger partial charge in [0.25, 0.3) is 0 Å². The van der Waals surface area contributed by atoms with Gasteiger partial charge in [0.05, 0.1) is 0 Å². The van der Waals surface area contributed by atoms with E-state index in [-0.39, 0.29) is 0 Å². The third-order valence-electron chi connectivity index (χ3n) is 2.78. The quantitative estimate of drug-likeness (QED) is 0.867. The first-order valence-corrected chi connectivity index (χ1v) is 7.00. The van der Waals surface area contributed by atoms with E-state index < -0.39 is 0 Å². The van der Waals surface area contributed by atoms with Crippen LogP contribution in [-0.4, -0.2) is 6.54 Å². The molecule has 1 aromatic heterocycles. The maximum Gasteiger partial charge on any atom is 0.0314 e. The molecular formula is C12H20BrNS. The second kappa shape index (κ2) is 5.46. The van der Waals surface area contributed by atoms with Crippen LogP contribution in [0.15, 0.2) is 10.5 Å². The van der Waals surface area contributed by atoms with Crippen molar-refractivity contribution in [3.8, 4) is 0 Å². The minimum absolute atomic E-state index is 0.374. The van der Waals surface area contributed by atoms with E-state index in [9.17, 15) is 0 Å². The number of hydrogen-bond acceptors (Lipinski definition) is 2. The van der Waals surface area contributed by atoms with Gasteiger partial charge in [-0.2, -0.15) is 0 Å². The Morgan fingerprint density at radius 1 is 1.40 bits per heavy atom. The van der Waals surface area contributed by atoms with E-state index in [4.69, 9.17) is 5.73 Å². The molecule has 0 aromatic carbocycles. The normalized spacial score (nSPS) is 12.1. The predicted molar refractivity (Wildman–Crippen MR) is 72.5 cm³/mol. The van der Waals surface area contributed by atoms with Crippen molar-refractivity contribution in [3.05, 3.63) is 20.3 Å². The summed E-state index contributed by atoms with van der Waals surface area (Å²) in [6.07, 6.45) is 3.50. The summed E-state index contributed by atoms with van der Waals surface area (Å²) < 4.78 is 1.25. The maximum absolute atomic E-state index is 5.61. The Hall–Kier alpha value is 0.140. The topological polar surface area (TPSA) is 26.0 Å². The van der Waals surface area contributed by atoms with Crippen molar-refractivity contribution in [1.29, 1.82) is 0 Å². The van der Waals surface area contributed by atoms with Crippen LogP contribution in [0.3, 0.4) is 0 Å². The highest BCUT2D eigenvalue weighted by Gasteiger charge is 2.17. The Labute approximate surface area is 105 Å². The lowest BCUT2D eigenvalue weighted by Crippen LogP contribution is -2.17. The molecule has 0 unspecified atom stereocenters. The molecule has 0 saturated carbocycles. The van der Waals surface area contributed by atoms with Crippen molar-refractivity contribution in [2.24, 2.45) is 11.1 Å². The van der Waals surface area contributed by atoms with Gasteiger partial charge < -0.3 is 5.73 Å². The predicted octanol–water partition coefficient (Wildman–Crippen LogP) is 4.13. The molecule has 1 aromatic rings. The highest BCUT2D eigenvalue weighted by molar-refractivity contribution is 9.10. The molecular weight excluding hydrogens is 270 g/mol. The molecule has 0 aliphatic carbocycles. The molecule has 1 nitrogen and oxygen atoms in total. The number of hydrogen-bond donors (Lipinski definition) is 1. The summed E-state index contributed by atoms with van der Waals surface area (Å²) in [7, 11) is 0. The number of thiophene rings is 1. The summed E-state index contributed by atoms with van der Waals surface area (Å²) >= 11 is 5.45.